The molecule has 0 amide bonds. The first-order valence-electron chi connectivity index (χ1n) is 5.41. The normalized spacial score (nSPS) is 21.1. The molecule has 0 saturated heterocycles. The molecule has 0 bridgehead atoms. The van der Waals surface area contributed by atoms with E-state index < -0.39 is 11.5 Å². The van der Waals surface area contributed by atoms with Crippen molar-refractivity contribution in [1.82, 2.24) is 0 Å². The highest BCUT2D eigenvalue weighted by Crippen LogP contribution is 2.30. The molecule has 1 aliphatic carbocycles. The molecule has 0 atom stereocenters. The Labute approximate surface area is 89.5 Å². The van der Waals surface area contributed by atoms with Gasteiger partial charge in [0.2, 0.25) is 0 Å². The van der Waals surface area contributed by atoms with E-state index in [9.17, 15) is 9.90 Å². The second-order valence-corrected chi connectivity index (χ2v) is 4.14. The van der Waals surface area contributed by atoms with E-state index in [0.717, 1.165) is 25.7 Å². The van der Waals surface area contributed by atoms with Crippen LogP contribution in [0.15, 0.2) is 4.99 Å². The zero-order chi connectivity index (χ0) is 11.3. The maximum absolute atomic E-state index is 11.3. The summed E-state index contributed by atoms with van der Waals surface area (Å²) < 4.78 is 0. The minimum atomic E-state index is -1.07. The highest BCUT2D eigenvalue weighted by Gasteiger charge is 2.37. The molecule has 1 rings (SSSR count). The zero-order valence-electron chi connectivity index (χ0n) is 8.91. The van der Waals surface area contributed by atoms with Crippen LogP contribution in [-0.4, -0.2) is 22.6 Å². The lowest BCUT2D eigenvalue weighted by atomic mass is 9.84. The topological polar surface area (TPSA) is 102 Å². The van der Waals surface area contributed by atoms with E-state index in [1.54, 1.807) is 0 Å². The third-order valence-electron chi connectivity index (χ3n) is 2.92. The van der Waals surface area contributed by atoms with Gasteiger partial charge in [-0.1, -0.05) is 32.1 Å². The van der Waals surface area contributed by atoms with Crippen molar-refractivity contribution in [2.24, 2.45) is 16.5 Å². The minimum Gasteiger partial charge on any atom is -0.479 e. The van der Waals surface area contributed by atoms with Crippen LogP contribution in [-0.2, 0) is 4.79 Å². The molecule has 0 spiro atoms. The number of hydrogen-bond acceptors (Lipinski definition) is 2. The molecular weight excluding hydrogens is 194 g/mol. The summed E-state index contributed by atoms with van der Waals surface area (Å²) in [6.45, 7) is 0. The molecule has 1 saturated carbocycles. The molecule has 5 nitrogen and oxygen atoms in total. The van der Waals surface area contributed by atoms with Crippen LogP contribution in [0.4, 0.5) is 0 Å². The second-order valence-electron chi connectivity index (χ2n) is 4.14. The van der Waals surface area contributed by atoms with Gasteiger partial charge in [-0.05, 0) is 12.8 Å². The lowest BCUT2D eigenvalue weighted by Gasteiger charge is -2.27. The fourth-order valence-corrected chi connectivity index (χ4v) is 2.11. The Morgan fingerprint density at radius 1 is 1.07 bits per heavy atom. The molecule has 0 aliphatic heterocycles. The number of nitrogens with two attached hydrogens (primary N) is 2. The van der Waals surface area contributed by atoms with Crippen molar-refractivity contribution in [3.63, 3.8) is 0 Å². The number of carboxylic acid groups (broad SMARTS) is 1. The molecule has 5 N–H and O–H groups in total. The number of aliphatic carboxylic acids is 1. The Morgan fingerprint density at radius 3 is 1.93 bits per heavy atom. The number of aliphatic imine (C=N–C) groups is 1. The van der Waals surface area contributed by atoms with Crippen molar-refractivity contribution in [2.45, 2.75) is 50.5 Å². The minimum absolute atomic E-state index is 0.127. The van der Waals surface area contributed by atoms with Gasteiger partial charge < -0.3 is 16.6 Å². The molecule has 0 aromatic heterocycles. The fraction of sp³-hybridized carbons (Fsp3) is 0.800. The van der Waals surface area contributed by atoms with Gasteiger partial charge >= 0.3 is 5.97 Å². The van der Waals surface area contributed by atoms with Gasteiger partial charge in [-0.2, -0.15) is 0 Å². The first-order valence-corrected chi connectivity index (χ1v) is 5.41. The smallest absolute Gasteiger partial charge is 0.331 e. The molecule has 5 heteroatoms. The SMILES string of the molecule is NC(N)=NC1(C(=O)O)CCCCCCC1. The third kappa shape index (κ3) is 3.11. The monoisotopic (exact) mass is 213 g/mol. The van der Waals surface area contributed by atoms with E-state index in [4.69, 9.17) is 11.5 Å². The van der Waals surface area contributed by atoms with E-state index >= 15 is 0 Å². The Balaban J connectivity index is 2.85. The maximum atomic E-state index is 11.3. The Morgan fingerprint density at radius 2 is 1.53 bits per heavy atom. The first-order chi connectivity index (χ1) is 7.07. The van der Waals surface area contributed by atoms with Gasteiger partial charge in [-0.25, -0.2) is 9.79 Å². The molecule has 0 radical (unpaired) electrons. The molecule has 1 fully saturated rings. The van der Waals surface area contributed by atoms with Crippen molar-refractivity contribution in [3.05, 3.63) is 0 Å². The predicted molar refractivity (Wildman–Crippen MR) is 58.5 cm³/mol. The van der Waals surface area contributed by atoms with Crippen LogP contribution in [0.5, 0.6) is 0 Å². The molecule has 0 aromatic carbocycles. The number of guanidine groups is 1. The summed E-state index contributed by atoms with van der Waals surface area (Å²) in [7, 11) is 0. The predicted octanol–water partition coefficient (Wildman–Crippen LogP) is 0.827. The van der Waals surface area contributed by atoms with Crippen LogP contribution in [0.1, 0.15) is 44.9 Å². The summed E-state index contributed by atoms with van der Waals surface area (Å²) in [5, 5.41) is 9.24. The standard InChI is InChI=1S/C10H19N3O2/c11-9(12)13-10(8(14)15)6-4-2-1-3-5-7-10/h1-7H2,(H,14,15)(H4,11,12,13). The van der Waals surface area contributed by atoms with Crippen molar-refractivity contribution >= 4 is 11.9 Å². The van der Waals surface area contributed by atoms with Crippen molar-refractivity contribution in [1.29, 1.82) is 0 Å². The average Bonchev–Trinajstić information content (AvgIpc) is 2.08. The summed E-state index contributed by atoms with van der Waals surface area (Å²) in [5.74, 6) is -1.03. The largest absolute Gasteiger partial charge is 0.479 e. The molecule has 0 aromatic rings. The Bertz CT molecular complexity index is 251. The lowest BCUT2D eigenvalue weighted by molar-refractivity contribution is -0.144. The molecule has 0 unspecified atom stereocenters. The van der Waals surface area contributed by atoms with Crippen LogP contribution >= 0.6 is 0 Å². The quantitative estimate of drug-likeness (QED) is 0.467. The highest BCUT2D eigenvalue weighted by molar-refractivity contribution is 5.85. The first kappa shape index (κ1) is 11.8. The number of rotatable bonds is 2. The van der Waals surface area contributed by atoms with Gasteiger partial charge in [-0.3, -0.25) is 0 Å². The van der Waals surface area contributed by atoms with Crippen molar-refractivity contribution in [2.75, 3.05) is 0 Å². The summed E-state index contributed by atoms with van der Waals surface area (Å²) in [6, 6.07) is 0. The summed E-state index contributed by atoms with van der Waals surface area (Å²) in [4.78, 5) is 15.2. The van der Waals surface area contributed by atoms with Gasteiger partial charge in [0.1, 0.15) is 0 Å². The summed E-state index contributed by atoms with van der Waals surface area (Å²) >= 11 is 0. The zero-order valence-corrected chi connectivity index (χ0v) is 8.91. The lowest BCUT2D eigenvalue weighted by Crippen LogP contribution is -2.41. The number of nitrogens with zero attached hydrogens (tertiary/aromatic N) is 1. The summed E-state index contributed by atoms with van der Waals surface area (Å²) in [5.41, 5.74) is 9.53. The van der Waals surface area contributed by atoms with Crippen LogP contribution in [0.3, 0.4) is 0 Å². The third-order valence-corrected chi connectivity index (χ3v) is 2.92. The van der Waals surface area contributed by atoms with Crippen molar-refractivity contribution in [3.8, 4) is 0 Å². The molecule has 1 aliphatic rings. The van der Waals surface area contributed by atoms with Crippen LogP contribution in [0.2, 0.25) is 0 Å². The van der Waals surface area contributed by atoms with Gasteiger partial charge in [0.25, 0.3) is 0 Å². The maximum Gasteiger partial charge on any atom is 0.331 e. The van der Waals surface area contributed by atoms with E-state index in [1.807, 2.05) is 0 Å². The van der Waals surface area contributed by atoms with Gasteiger partial charge in [0.05, 0.1) is 0 Å². The molecule has 86 valence electrons. The van der Waals surface area contributed by atoms with Crippen LogP contribution in [0.25, 0.3) is 0 Å². The second kappa shape index (κ2) is 5.00. The number of carboxylic acids is 1. The van der Waals surface area contributed by atoms with E-state index in [2.05, 4.69) is 4.99 Å². The molecule has 0 heterocycles. The Kier molecular flexibility index (Phi) is 3.94. The van der Waals surface area contributed by atoms with E-state index in [1.165, 1.54) is 6.42 Å². The highest BCUT2D eigenvalue weighted by atomic mass is 16.4. The van der Waals surface area contributed by atoms with Crippen LogP contribution in [0, 0.1) is 0 Å². The van der Waals surface area contributed by atoms with E-state index in [-0.39, 0.29) is 5.96 Å². The Hall–Kier alpha value is -1.26. The molecule has 15 heavy (non-hydrogen) atoms. The van der Waals surface area contributed by atoms with Crippen molar-refractivity contribution < 1.29 is 9.90 Å². The van der Waals surface area contributed by atoms with E-state index in [0.29, 0.717) is 12.8 Å². The van der Waals surface area contributed by atoms with Gasteiger partial charge in [0.15, 0.2) is 11.5 Å². The number of carbonyl (C=O) groups is 1. The fourth-order valence-electron chi connectivity index (χ4n) is 2.11. The molecular formula is C10H19N3O2. The average molecular weight is 213 g/mol. The number of hydrogen-bond donors (Lipinski definition) is 3. The van der Waals surface area contributed by atoms with Crippen LogP contribution < -0.4 is 11.5 Å². The van der Waals surface area contributed by atoms with Gasteiger partial charge in [-0.15, -0.1) is 0 Å². The van der Waals surface area contributed by atoms with Gasteiger partial charge in [0, 0.05) is 0 Å². The summed E-state index contributed by atoms with van der Waals surface area (Å²) in [6.07, 6.45) is 6.15.